The molecule has 0 aliphatic carbocycles. The molecule has 0 radical (unpaired) electrons. The zero-order chi connectivity index (χ0) is 21.2. The molecule has 6 nitrogen and oxygen atoms in total. The third-order valence-electron chi connectivity index (χ3n) is 4.61. The van der Waals surface area contributed by atoms with Gasteiger partial charge >= 0.3 is 6.16 Å². The van der Waals surface area contributed by atoms with Crippen molar-refractivity contribution in [2.45, 2.75) is 59.8 Å². The highest BCUT2D eigenvalue weighted by Crippen LogP contribution is 2.25. The lowest BCUT2D eigenvalue weighted by molar-refractivity contribution is 0.0878. The third-order valence-corrected chi connectivity index (χ3v) is 4.61. The molecule has 0 spiro atoms. The molecule has 1 N–H and O–H groups in total. The van der Waals surface area contributed by atoms with E-state index in [0.717, 1.165) is 19.4 Å². The summed E-state index contributed by atoms with van der Waals surface area (Å²) in [4.78, 5) is 20.8. The minimum atomic E-state index is -0.724. The molecule has 0 amide bonds. The first-order chi connectivity index (χ1) is 13.9. The van der Waals surface area contributed by atoms with E-state index < -0.39 is 6.16 Å². The summed E-state index contributed by atoms with van der Waals surface area (Å²) in [5.41, 5.74) is 2.52. The Morgan fingerprint density at radius 3 is 2.34 bits per heavy atom. The van der Waals surface area contributed by atoms with Crippen LogP contribution >= 0.6 is 0 Å². The molecular formula is C23H33N3O3. The Balaban J connectivity index is 2.04. The maximum atomic E-state index is 11.9. The molecule has 1 aromatic heterocycles. The Labute approximate surface area is 174 Å². The van der Waals surface area contributed by atoms with Gasteiger partial charge in [-0.3, -0.25) is 0 Å². The molecule has 1 atom stereocenters. The topological polar surface area (TPSA) is 73.3 Å². The van der Waals surface area contributed by atoms with Gasteiger partial charge in [0.25, 0.3) is 0 Å². The lowest BCUT2D eigenvalue weighted by Gasteiger charge is -2.19. The lowest BCUT2D eigenvalue weighted by atomic mass is 9.93. The molecule has 1 unspecified atom stereocenters. The van der Waals surface area contributed by atoms with E-state index in [1.165, 1.54) is 12.0 Å². The highest BCUT2D eigenvalue weighted by atomic mass is 16.7. The standard InChI is InChI=1S/C23H33N3O3/c1-6-7-11-20(19-12-9-8-10-13-19)14-24-22-25-17(4)21(18(5)26-22)29-23(27)28-15-16(2)3/h8-10,12-13,16,20H,6-7,11,14-15H2,1-5H3,(H,24,25,26). The average Bonchev–Trinajstić information content (AvgIpc) is 2.70. The zero-order valence-electron chi connectivity index (χ0n) is 18.2. The van der Waals surface area contributed by atoms with Crippen LogP contribution in [-0.2, 0) is 4.74 Å². The van der Waals surface area contributed by atoms with Gasteiger partial charge in [0, 0.05) is 12.5 Å². The van der Waals surface area contributed by atoms with E-state index in [-0.39, 0.29) is 5.92 Å². The van der Waals surface area contributed by atoms with Crippen LogP contribution in [0, 0.1) is 19.8 Å². The van der Waals surface area contributed by atoms with E-state index in [9.17, 15) is 4.79 Å². The number of benzene rings is 1. The number of nitrogens with zero attached hydrogens (tertiary/aromatic N) is 2. The molecule has 2 rings (SSSR count). The fourth-order valence-electron chi connectivity index (χ4n) is 3.06. The molecule has 0 bridgehead atoms. The van der Waals surface area contributed by atoms with Crippen LogP contribution in [0.4, 0.5) is 10.7 Å². The number of carbonyl (C=O) groups excluding carboxylic acids is 1. The van der Waals surface area contributed by atoms with Crippen LogP contribution in [0.3, 0.4) is 0 Å². The van der Waals surface area contributed by atoms with Crippen molar-refractivity contribution in [2.24, 2.45) is 5.92 Å². The minimum Gasteiger partial charge on any atom is -0.434 e. The summed E-state index contributed by atoms with van der Waals surface area (Å²) >= 11 is 0. The number of hydrogen-bond donors (Lipinski definition) is 1. The largest absolute Gasteiger partial charge is 0.513 e. The minimum absolute atomic E-state index is 0.248. The van der Waals surface area contributed by atoms with E-state index in [4.69, 9.17) is 9.47 Å². The number of carbonyl (C=O) groups is 1. The van der Waals surface area contributed by atoms with Gasteiger partial charge < -0.3 is 14.8 Å². The lowest BCUT2D eigenvalue weighted by Crippen LogP contribution is -2.18. The second kappa shape index (κ2) is 11.4. The summed E-state index contributed by atoms with van der Waals surface area (Å²) in [6, 6.07) is 10.5. The van der Waals surface area contributed by atoms with Gasteiger partial charge in [-0.05, 0) is 31.7 Å². The van der Waals surface area contributed by atoms with Crippen molar-refractivity contribution >= 4 is 12.1 Å². The molecule has 0 fully saturated rings. The van der Waals surface area contributed by atoms with E-state index in [0.29, 0.717) is 35.6 Å². The maximum Gasteiger partial charge on any atom is 0.513 e. The van der Waals surface area contributed by atoms with Gasteiger partial charge in [-0.1, -0.05) is 63.9 Å². The van der Waals surface area contributed by atoms with E-state index >= 15 is 0 Å². The van der Waals surface area contributed by atoms with Gasteiger partial charge in [-0.25, -0.2) is 14.8 Å². The van der Waals surface area contributed by atoms with Crippen molar-refractivity contribution in [3.8, 4) is 5.75 Å². The summed E-state index contributed by atoms with van der Waals surface area (Å²) in [6.45, 7) is 10.8. The Morgan fingerprint density at radius 1 is 1.10 bits per heavy atom. The molecule has 1 heterocycles. The van der Waals surface area contributed by atoms with Crippen LogP contribution in [0.5, 0.6) is 5.75 Å². The first-order valence-corrected chi connectivity index (χ1v) is 10.4. The summed E-state index contributed by atoms with van der Waals surface area (Å²) in [7, 11) is 0. The van der Waals surface area contributed by atoms with Gasteiger partial charge in [0.05, 0.1) is 18.0 Å². The van der Waals surface area contributed by atoms with Crippen LogP contribution in [0.1, 0.15) is 62.9 Å². The molecule has 29 heavy (non-hydrogen) atoms. The summed E-state index contributed by atoms with van der Waals surface area (Å²) in [5, 5.41) is 3.36. The van der Waals surface area contributed by atoms with Crippen LogP contribution in [0.25, 0.3) is 0 Å². The summed E-state index contributed by atoms with van der Waals surface area (Å²) in [6.07, 6.45) is 2.72. The van der Waals surface area contributed by atoms with Crippen molar-refractivity contribution in [3.05, 3.63) is 47.3 Å². The molecule has 158 valence electrons. The van der Waals surface area contributed by atoms with Crippen LogP contribution < -0.4 is 10.1 Å². The van der Waals surface area contributed by atoms with Crippen LogP contribution in [-0.4, -0.2) is 29.3 Å². The van der Waals surface area contributed by atoms with E-state index in [1.54, 1.807) is 13.8 Å². The maximum absolute atomic E-state index is 11.9. The quantitative estimate of drug-likeness (QED) is 0.520. The smallest absolute Gasteiger partial charge is 0.434 e. The monoisotopic (exact) mass is 399 g/mol. The Kier molecular flexibility index (Phi) is 8.90. The van der Waals surface area contributed by atoms with Gasteiger partial charge in [0.15, 0.2) is 5.75 Å². The Bertz CT molecular complexity index is 755. The molecule has 0 aliphatic heterocycles. The second-order valence-electron chi connectivity index (χ2n) is 7.73. The molecular weight excluding hydrogens is 366 g/mol. The fraction of sp³-hybridized carbons (Fsp3) is 0.522. The number of hydrogen-bond acceptors (Lipinski definition) is 6. The Hall–Kier alpha value is -2.63. The Morgan fingerprint density at radius 2 is 1.76 bits per heavy atom. The first kappa shape index (κ1) is 22.7. The molecule has 6 heteroatoms. The van der Waals surface area contributed by atoms with Gasteiger partial charge in [-0.2, -0.15) is 0 Å². The van der Waals surface area contributed by atoms with Gasteiger partial charge in [-0.15, -0.1) is 0 Å². The highest BCUT2D eigenvalue weighted by Gasteiger charge is 2.17. The molecule has 0 saturated heterocycles. The predicted octanol–water partition coefficient (Wildman–Crippen LogP) is 5.65. The van der Waals surface area contributed by atoms with Gasteiger partial charge in [0.1, 0.15) is 0 Å². The number of aromatic nitrogens is 2. The van der Waals surface area contributed by atoms with Crippen LogP contribution in [0.2, 0.25) is 0 Å². The van der Waals surface area contributed by atoms with E-state index in [1.807, 2.05) is 19.9 Å². The van der Waals surface area contributed by atoms with Crippen molar-refractivity contribution in [2.75, 3.05) is 18.5 Å². The molecule has 1 aromatic carbocycles. The molecule has 0 saturated carbocycles. The number of aryl methyl sites for hydroxylation is 2. The second-order valence-corrected chi connectivity index (χ2v) is 7.73. The normalized spacial score (nSPS) is 11.9. The number of rotatable bonds is 10. The third kappa shape index (κ3) is 7.37. The van der Waals surface area contributed by atoms with Crippen molar-refractivity contribution in [1.29, 1.82) is 0 Å². The van der Waals surface area contributed by atoms with Gasteiger partial charge in [0.2, 0.25) is 5.95 Å². The van der Waals surface area contributed by atoms with E-state index in [2.05, 4.69) is 46.5 Å². The molecule has 2 aromatic rings. The number of anilines is 1. The first-order valence-electron chi connectivity index (χ1n) is 10.4. The SMILES string of the molecule is CCCCC(CNc1nc(C)c(OC(=O)OCC(C)C)c(C)n1)c1ccccc1. The number of unbranched alkanes of at least 4 members (excludes halogenated alkanes) is 1. The fourth-order valence-corrected chi connectivity index (χ4v) is 3.06. The average molecular weight is 400 g/mol. The number of ether oxygens (including phenoxy) is 2. The van der Waals surface area contributed by atoms with Crippen molar-refractivity contribution < 1.29 is 14.3 Å². The van der Waals surface area contributed by atoms with Crippen LogP contribution in [0.15, 0.2) is 30.3 Å². The van der Waals surface area contributed by atoms with Crippen molar-refractivity contribution in [1.82, 2.24) is 9.97 Å². The number of nitrogens with one attached hydrogen (secondary N) is 1. The predicted molar refractivity (Wildman–Crippen MR) is 116 cm³/mol. The summed E-state index contributed by atoms with van der Waals surface area (Å²) < 4.78 is 10.4. The van der Waals surface area contributed by atoms with Crippen molar-refractivity contribution in [3.63, 3.8) is 0 Å². The highest BCUT2D eigenvalue weighted by molar-refractivity contribution is 5.64. The molecule has 0 aliphatic rings. The summed E-state index contributed by atoms with van der Waals surface area (Å²) in [5.74, 6) is 1.54. The zero-order valence-corrected chi connectivity index (χ0v) is 18.2.